The molecular formula is C13H21N3OS. The van der Waals surface area contributed by atoms with Crippen molar-refractivity contribution < 1.29 is 4.74 Å². The second kappa shape index (κ2) is 5.15. The van der Waals surface area contributed by atoms with Gasteiger partial charge in [-0.25, -0.2) is 4.98 Å². The molecule has 0 amide bonds. The summed E-state index contributed by atoms with van der Waals surface area (Å²) in [5, 5.41) is 4.60. The molecule has 0 aromatic carbocycles. The molecule has 0 bridgehead atoms. The van der Waals surface area contributed by atoms with Crippen LogP contribution in [-0.4, -0.2) is 37.8 Å². The molecule has 4 nitrogen and oxygen atoms in total. The van der Waals surface area contributed by atoms with Crippen LogP contribution in [0.2, 0.25) is 0 Å². The zero-order chi connectivity index (χ0) is 12.5. The highest BCUT2D eigenvalue weighted by Gasteiger charge is 2.26. The van der Waals surface area contributed by atoms with E-state index in [1.54, 1.807) is 0 Å². The minimum absolute atomic E-state index is 0.319. The Morgan fingerprint density at radius 1 is 1.50 bits per heavy atom. The van der Waals surface area contributed by atoms with Gasteiger partial charge in [0.1, 0.15) is 0 Å². The molecule has 0 saturated carbocycles. The Kier molecular flexibility index (Phi) is 3.54. The highest BCUT2D eigenvalue weighted by molar-refractivity contribution is 7.15. The fourth-order valence-corrected chi connectivity index (χ4v) is 4.10. The second-order valence-electron chi connectivity index (χ2n) is 5.17. The third-order valence-electron chi connectivity index (χ3n) is 3.80. The summed E-state index contributed by atoms with van der Waals surface area (Å²) in [5.41, 5.74) is 1.32. The number of hydrogen-bond donors (Lipinski definition) is 1. The topological polar surface area (TPSA) is 37.4 Å². The van der Waals surface area contributed by atoms with E-state index in [1.807, 2.05) is 11.3 Å². The first-order chi connectivity index (χ1) is 8.78. The van der Waals surface area contributed by atoms with Crippen LogP contribution in [0.25, 0.3) is 0 Å². The summed E-state index contributed by atoms with van der Waals surface area (Å²) in [6.07, 6.45) is 3.95. The highest BCUT2D eigenvalue weighted by atomic mass is 32.1. The lowest BCUT2D eigenvalue weighted by atomic mass is 9.98. The largest absolute Gasteiger partial charge is 0.375 e. The van der Waals surface area contributed by atoms with Crippen molar-refractivity contribution in [3.05, 3.63) is 10.6 Å². The maximum Gasteiger partial charge on any atom is 0.186 e. The molecule has 0 radical (unpaired) electrons. The normalized spacial score (nSPS) is 28.2. The number of nitrogens with one attached hydrogen (secondary N) is 1. The molecule has 1 fully saturated rings. The van der Waals surface area contributed by atoms with Crippen LogP contribution >= 0.6 is 11.3 Å². The molecule has 2 heterocycles. The molecule has 3 rings (SSSR count). The van der Waals surface area contributed by atoms with Crippen molar-refractivity contribution in [2.75, 3.05) is 31.6 Å². The van der Waals surface area contributed by atoms with Crippen molar-refractivity contribution in [2.45, 2.75) is 38.3 Å². The van der Waals surface area contributed by atoms with E-state index in [4.69, 9.17) is 9.72 Å². The average Bonchev–Trinajstić information content (AvgIpc) is 2.82. The van der Waals surface area contributed by atoms with Crippen molar-refractivity contribution in [3.8, 4) is 0 Å². The van der Waals surface area contributed by atoms with Crippen LogP contribution in [0.15, 0.2) is 0 Å². The van der Waals surface area contributed by atoms with Crippen LogP contribution < -0.4 is 10.2 Å². The van der Waals surface area contributed by atoms with E-state index < -0.39 is 0 Å². The SMILES string of the molecule is CNC1CCCc2nc(N3CCOC(C)C3)sc21. The van der Waals surface area contributed by atoms with E-state index in [2.05, 4.69) is 24.2 Å². The van der Waals surface area contributed by atoms with Gasteiger partial charge in [-0.3, -0.25) is 0 Å². The number of aromatic nitrogens is 1. The second-order valence-corrected chi connectivity index (χ2v) is 6.18. The Bertz CT molecular complexity index is 420. The van der Waals surface area contributed by atoms with Crippen molar-refractivity contribution in [1.82, 2.24) is 10.3 Å². The molecule has 2 unspecified atom stereocenters. The number of aryl methyl sites for hydroxylation is 1. The predicted octanol–water partition coefficient (Wildman–Crippen LogP) is 1.96. The number of hydrogen-bond acceptors (Lipinski definition) is 5. The van der Waals surface area contributed by atoms with Gasteiger partial charge in [-0.1, -0.05) is 11.3 Å². The van der Waals surface area contributed by atoms with Gasteiger partial charge in [0.2, 0.25) is 0 Å². The molecule has 1 aliphatic heterocycles. The van der Waals surface area contributed by atoms with E-state index in [1.165, 1.54) is 28.5 Å². The summed E-state index contributed by atoms with van der Waals surface area (Å²) in [4.78, 5) is 8.69. The Hall–Kier alpha value is -0.650. The lowest BCUT2D eigenvalue weighted by Crippen LogP contribution is -2.41. The van der Waals surface area contributed by atoms with Gasteiger partial charge in [0.05, 0.1) is 18.4 Å². The molecule has 18 heavy (non-hydrogen) atoms. The van der Waals surface area contributed by atoms with E-state index in [9.17, 15) is 0 Å². The summed E-state index contributed by atoms with van der Waals surface area (Å²) in [6, 6.07) is 0.512. The number of rotatable bonds is 2. The zero-order valence-electron chi connectivity index (χ0n) is 11.1. The van der Waals surface area contributed by atoms with Gasteiger partial charge in [0, 0.05) is 24.0 Å². The number of ether oxygens (including phenoxy) is 1. The number of fused-ring (bicyclic) bond motifs is 1. The van der Waals surface area contributed by atoms with Crippen LogP contribution in [0.5, 0.6) is 0 Å². The van der Waals surface area contributed by atoms with E-state index in [-0.39, 0.29) is 0 Å². The Balaban J connectivity index is 1.83. The first-order valence-electron chi connectivity index (χ1n) is 6.81. The number of nitrogens with zero attached hydrogens (tertiary/aromatic N) is 2. The van der Waals surface area contributed by atoms with Crippen LogP contribution in [-0.2, 0) is 11.2 Å². The molecule has 0 spiro atoms. The third kappa shape index (κ3) is 2.27. The molecule has 5 heteroatoms. The fourth-order valence-electron chi connectivity index (χ4n) is 2.81. The average molecular weight is 267 g/mol. The Morgan fingerprint density at radius 2 is 2.39 bits per heavy atom. The summed E-state index contributed by atoms with van der Waals surface area (Å²) < 4.78 is 5.60. The number of morpholine rings is 1. The minimum Gasteiger partial charge on any atom is -0.375 e. The predicted molar refractivity (Wildman–Crippen MR) is 74.5 cm³/mol. The van der Waals surface area contributed by atoms with Crippen LogP contribution in [0, 0.1) is 0 Å². The lowest BCUT2D eigenvalue weighted by Gasteiger charge is -2.30. The molecule has 1 aromatic rings. The maximum absolute atomic E-state index is 5.60. The van der Waals surface area contributed by atoms with Gasteiger partial charge in [-0.05, 0) is 33.2 Å². The fraction of sp³-hybridized carbons (Fsp3) is 0.769. The quantitative estimate of drug-likeness (QED) is 0.889. The van der Waals surface area contributed by atoms with Crippen LogP contribution in [0.1, 0.15) is 36.4 Å². The molecule has 1 aromatic heterocycles. The van der Waals surface area contributed by atoms with E-state index in [0.29, 0.717) is 12.1 Å². The summed E-state index contributed by atoms with van der Waals surface area (Å²) in [6.45, 7) is 4.90. The summed E-state index contributed by atoms with van der Waals surface area (Å²) in [5.74, 6) is 0. The number of thiazole rings is 1. The smallest absolute Gasteiger partial charge is 0.186 e. The molecule has 2 atom stereocenters. The standard InChI is InChI=1S/C13H21N3OS/c1-9-8-16(6-7-17-9)13-15-11-5-3-4-10(14-2)12(11)18-13/h9-10,14H,3-8H2,1-2H3. The zero-order valence-corrected chi connectivity index (χ0v) is 11.9. The van der Waals surface area contributed by atoms with Gasteiger partial charge in [0.25, 0.3) is 0 Å². The van der Waals surface area contributed by atoms with Gasteiger partial charge in [-0.15, -0.1) is 0 Å². The first-order valence-corrected chi connectivity index (χ1v) is 7.63. The minimum atomic E-state index is 0.319. The third-order valence-corrected chi connectivity index (χ3v) is 5.07. The summed E-state index contributed by atoms with van der Waals surface area (Å²) in [7, 11) is 2.05. The van der Waals surface area contributed by atoms with E-state index in [0.717, 1.165) is 26.1 Å². The molecule has 1 saturated heterocycles. The van der Waals surface area contributed by atoms with Gasteiger partial charge < -0.3 is 15.0 Å². The van der Waals surface area contributed by atoms with Crippen LogP contribution in [0.3, 0.4) is 0 Å². The van der Waals surface area contributed by atoms with Gasteiger partial charge >= 0.3 is 0 Å². The molecule has 2 aliphatic rings. The van der Waals surface area contributed by atoms with Crippen molar-refractivity contribution in [2.24, 2.45) is 0 Å². The van der Waals surface area contributed by atoms with Crippen molar-refractivity contribution in [1.29, 1.82) is 0 Å². The summed E-state index contributed by atoms with van der Waals surface area (Å²) >= 11 is 1.87. The monoisotopic (exact) mass is 267 g/mol. The Morgan fingerprint density at radius 3 is 3.17 bits per heavy atom. The lowest BCUT2D eigenvalue weighted by molar-refractivity contribution is 0.0532. The molecule has 100 valence electrons. The van der Waals surface area contributed by atoms with Crippen molar-refractivity contribution in [3.63, 3.8) is 0 Å². The molecular weight excluding hydrogens is 246 g/mol. The van der Waals surface area contributed by atoms with Crippen LogP contribution in [0.4, 0.5) is 5.13 Å². The molecule has 1 aliphatic carbocycles. The number of anilines is 1. The Labute approximate surface area is 112 Å². The molecule has 1 N–H and O–H groups in total. The van der Waals surface area contributed by atoms with E-state index >= 15 is 0 Å². The van der Waals surface area contributed by atoms with Gasteiger partial charge in [-0.2, -0.15) is 0 Å². The van der Waals surface area contributed by atoms with Gasteiger partial charge in [0.15, 0.2) is 5.13 Å². The van der Waals surface area contributed by atoms with Crippen molar-refractivity contribution >= 4 is 16.5 Å². The highest BCUT2D eigenvalue weighted by Crippen LogP contribution is 2.37. The first kappa shape index (κ1) is 12.4. The maximum atomic E-state index is 5.60.